The third-order valence-electron chi connectivity index (χ3n) is 2.45. The zero-order valence-electron chi connectivity index (χ0n) is 13.9. The lowest BCUT2D eigenvalue weighted by Gasteiger charge is -2.32. The van der Waals surface area contributed by atoms with Gasteiger partial charge >= 0.3 is 26.2 Å². The van der Waals surface area contributed by atoms with Crippen LogP contribution in [0.15, 0.2) is 12.7 Å². The van der Waals surface area contributed by atoms with Crippen molar-refractivity contribution in [1.82, 2.24) is 0 Å². The molecule has 0 aliphatic rings. The Morgan fingerprint density at radius 3 is 1.91 bits per heavy atom. The van der Waals surface area contributed by atoms with Gasteiger partial charge < -0.3 is 27.2 Å². The number of ether oxygens (including phenoxy) is 2. The Kier molecular flexibility index (Phi) is 8.93. The topological polar surface area (TPSA) is 107 Å². The van der Waals surface area contributed by atoms with Crippen molar-refractivity contribution in [3.8, 4) is 0 Å². The van der Waals surface area contributed by atoms with Crippen LogP contribution < -0.4 is 0 Å². The lowest BCUT2D eigenvalue weighted by molar-refractivity contribution is -0.280. The van der Waals surface area contributed by atoms with Crippen molar-refractivity contribution >= 4 is 35.5 Å². The largest absolute Gasteiger partial charge is 0.558 e. The van der Waals surface area contributed by atoms with Crippen LogP contribution in [-0.2, 0) is 41.6 Å². The fourth-order valence-electron chi connectivity index (χ4n) is 1.37. The van der Waals surface area contributed by atoms with Crippen molar-refractivity contribution in [1.29, 1.82) is 0 Å². The number of hydrogen-bond donors (Lipinski definition) is 0. The number of carbonyl (C=O) groups excluding carboxylic acids is 3. The second-order valence-corrected chi connectivity index (χ2v) is 10.6. The Bertz CT molecular complexity index is 432. The summed E-state index contributed by atoms with van der Waals surface area (Å²) in [5.74, 6) is -4.15. The fraction of sp³-hybridized carbons (Fsp3) is 0.583. The Labute approximate surface area is 137 Å². The predicted octanol–water partition coefficient (Wildman–Crippen LogP) is -0.266. The maximum absolute atomic E-state index is 11.5. The Morgan fingerprint density at radius 1 is 1.13 bits per heavy atom. The molecule has 0 atom stereocenters. The van der Waals surface area contributed by atoms with Crippen LogP contribution in [0.4, 0.5) is 0 Å². The van der Waals surface area contributed by atoms with E-state index in [1.165, 1.54) is 14.2 Å². The number of hydrogen-bond acceptors (Lipinski definition) is 9. The summed E-state index contributed by atoms with van der Waals surface area (Å²) in [6.45, 7) is 7.27. The second-order valence-electron chi connectivity index (χ2n) is 4.20. The van der Waals surface area contributed by atoms with Crippen molar-refractivity contribution < 1.29 is 41.6 Å². The molecule has 0 N–H and O–H groups in total. The van der Waals surface area contributed by atoms with Crippen molar-refractivity contribution in [3.05, 3.63) is 12.7 Å². The molecule has 0 radical (unpaired) electrons. The minimum absolute atomic E-state index is 0.121. The Balaban J connectivity index is 5.30. The van der Waals surface area contributed by atoms with E-state index in [4.69, 9.17) is 27.2 Å². The monoisotopic (exact) mass is 366 g/mol. The van der Waals surface area contributed by atoms with Crippen LogP contribution in [0.2, 0.25) is 0 Å². The summed E-state index contributed by atoms with van der Waals surface area (Å²) in [7, 11) is -2.71. The lowest BCUT2D eigenvalue weighted by Crippen LogP contribution is -2.56. The summed E-state index contributed by atoms with van der Waals surface area (Å²) in [5, 5.41) is 0. The minimum Gasteiger partial charge on any atom is -0.475 e. The zero-order valence-corrected chi connectivity index (χ0v) is 16.3. The van der Waals surface area contributed by atoms with Crippen LogP contribution in [-0.4, -0.2) is 55.7 Å². The van der Waals surface area contributed by atoms with Gasteiger partial charge in [0, 0.05) is 40.6 Å². The van der Waals surface area contributed by atoms with Crippen molar-refractivity contribution in [2.45, 2.75) is 33.2 Å². The third kappa shape index (κ3) is 7.05. The summed E-state index contributed by atoms with van der Waals surface area (Å²) in [4.78, 5) is 34.0. The standard InChI is InChI=1S/C12H22O9Si2/c1-7-11(15)20-23(16-5,17-6)22-21-12(8-2,18-9(3)13)19-10(4)14/h8H,2,7,22H2,1,3-6H3. The summed E-state index contributed by atoms with van der Waals surface area (Å²) in [6.07, 6.45) is 1.13. The molecule has 0 fully saturated rings. The fourth-order valence-corrected chi connectivity index (χ4v) is 5.60. The molecular weight excluding hydrogens is 344 g/mol. The average Bonchev–Trinajstić information content (AvgIpc) is 2.49. The van der Waals surface area contributed by atoms with Crippen LogP contribution in [0.1, 0.15) is 27.2 Å². The second kappa shape index (κ2) is 9.57. The van der Waals surface area contributed by atoms with Gasteiger partial charge in [0.05, 0.1) is 0 Å². The molecule has 0 aliphatic heterocycles. The highest BCUT2D eigenvalue weighted by Gasteiger charge is 2.48. The first-order valence-corrected chi connectivity index (χ1v) is 11.3. The van der Waals surface area contributed by atoms with Gasteiger partial charge in [0.25, 0.3) is 15.2 Å². The van der Waals surface area contributed by atoms with Crippen LogP contribution in [0, 0.1) is 0 Å². The first-order chi connectivity index (χ1) is 10.7. The lowest BCUT2D eigenvalue weighted by atomic mass is 10.5. The molecular formula is C12H22O9Si2. The predicted molar refractivity (Wildman–Crippen MR) is 82.2 cm³/mol. The average molecular weight is 366 g/mol. The SMILES string of the molecule is C=CC(O[SiH2][Si](OC)(OC)OC(=O)CC)(OC(C)=O)OC(C)=O. The summed E-state index contributed by atoms with van der Waals surface area (Å²) in [6, 6.07) is 0. The van der Waals surface area contributed by atoms with Crippen LogP contribution >= 0.6 is 0 Å². The number of carbonyl (C=O) groups is 3. The van der Waals surface area contributed by atoms with Gasteiger partial charge in [-0.2, -0.15) is 0 Å². The normalized spacial score (nSPS) is 12.0. The van der Waals surface area contributed by atoms with Crippen LogP contribution in [0.25, 0.3) is 0 Å². The van der Waals surface area contributed by atoms with Gasteiger partial charge in [-0.25, -0.2) is 0 Å². The molecule has 0 saturated carbocycles. The van der Waals surface area contributed by atoms with Gasteiger partial charge in [-0.15, -0.1) is 0 Å². The summed E-state index contributed by atoms with van der Waals surface area (Å²) < 4.78 is 30.9. The molecule has 0 amide bonds. The highest BCUT2D eigenvalue weighted by atomic mass is 29.2. The zero-order chi connectivity index (χ0) is 18.1. The molecule has 0 spiro atoms. The highest BCUT2D eigenvalue weighted by molar-refractivity contribution is 7.12. The minimum atomic E-state index is -3.42. The van der Waals surface area contributed by atoms with Crippen molar-refractivity contribution in [3.63, 3.8) is 0 Å². The molecule has 0 heterocycles. The smallest absolute Gasteiger partial charge is 0.475 e. The maximum Gasteiger partial charge on any atom is 0.558 e. The molecule has 0 rings (SSSR count). The third-order valence-corrected chi connectivity index (χ3v) is 8.79. The maximum atomic E-state index is 11.5. The summed E-state index contributed by atoms with van der Waals surface area (Å²) in [5.41, 5.74) is 0. The van der Waals surface area contributed by atoms with Crippen molar-refractivity contribution in [2.24, 2.45) is 0 Å². The molecule has 0 aromatic carbocycles. The molecule has 0 aromatic heterocycles. The number of rotatable bonds is 10. The van der Waals surface area contributed by atoms with E-state index in [0.29, 0.717) is 0 Å². The first kappa shape index (κ1) is 21.5. The van der Waals surface area contributed by atoms with Gasteiger partial charge in [-0.1, -0.05) is 13.5 Å². The number of esters is 2. The molecule has 0 bridgehead atoms. The van der Waals surface area contributed by atoms with E-state index < -0.39 is 41.5 Å². The van der Waals surface area contributed by atoms with E-state index in [0.717, 1.165) is 19.9 Å². The van der Waals surface area contributed by atoms with E-state index in [2.05, 4.69) is 6.58 Å². The molecule has 0 aromatic rings. The molecule has 23 heavy (non-hydrogen) atoms. The van der Waals surface area contributed by atoms with Gasteiger partial charge in [-0.05, 0) is 0 Å². The van der Waals surface area contributed by atoms with E-state index in [-0.39, 0.29) is 6.42 Å². The van der Waals surface area contributed by atoms with Gasteiger partial charge in [0.15, 0.2) is 0 Å². The molecule has 9 nitrogen and oxygen atoms in total. The molecule has 0 aliphatic carbocycles. The quantitative estimate of drug-likeness (QED) is 0.223. The summed E-state index contributed by atoms with van der Waals surface area (Å²) >= 11 is 0. The highest BCUT2D eigenvalue weighted by Crippen LogP contribution is 2.20. The molecule has 0 unspecified atom stereocenters. The van der Waals surface area contributed by atoms with Crippen LogP contribution in [0.5, 0.6) is 0 Å². The molecule has 132 valence electrons. The van der Waals surface area contributed by atoms with E-state index in [1.807, 2.05) is 0 Å². The van der Waals surface area contributed by atoms with E-state index in [9.17, 15) is 14.4 Å². The van der Waals surface area contributed by atoms with Gasteiger partial charge in [-0.3, -0.25) is 14.4 Å². The first-order valence-electron chi connectivity index (χ1n) is 6.67. The molecule has 0 saturated heterocycles. The van der Waals surface area contributed by atoms with Gasteiger partial charge in [0.2, 0.25) is 0 Å². The Hall–Kier alpha value is -1.54. The van der Waals surface area contributed by atoms with Crippen molar-refractivity contribution in [2.75, 3.05) is 14.2 Å². The van der Waals surface area contributed by atoms with Gasteiger partial charge in [0.1, 0.15) is 0 Å². The molecule has 11 heteroatoms. The van der Waals surface area contributed by atoms with E-state index in [1.54, 1.807) is 6.92 Å². The van der Waals surface area contributed by atoms with Crippen LogP contribution in [0.3, 0.4) is 0 Å². The Morgan fingerprint density at radius 2 is 1.61 bits per heavy atom. The van der Waals surface area contributed by atoms with E-state index >= 15 is 0 Å².